The zero-order valence-electron chi connectivity index (χ0n) is 15.7. The van der Waals surface area contributed by atoms with E-state index in [-0.39, 0.29) is 11.7 Å². The number of carbonyl (C=O) groups excluding carboxylic acids is 1. The summed E-state index contributed by atoms with van der Waals surface area (Å²) in [4.78, 5) is 12.3. The van der Waals surface area contributed by atoms with E-state index in [0.717, 1.165) is 18.7 Å². The summed E-state index contributed by atoms with van der Waals surface area (Å²) in [6.45, 7) is 0. The number of ether oxygens (including phenoxy) is 1. The van der Waals surface area contributed by atoms with E-state index in [2.05, 4.69) is 27.6 Å². The molecule has 1 aromatic heterocycles. The third-order valence-corrected chi connectivity index (χ3v) is 5.43. The lowest BCUT2D eigenvalue weighted by Crippen LogP contribution is -2.15. The Bertz CT molecular complexity index is 947. The van der Waals surface area contributed by atoms with Gasteiger partial charge in [0.25, 0.3) is 0 Å². The number of aromatic nitrogens is 3. The highest BCUT2D eigenvalue weighted by Gasteiger charge is 2.13. The van der Waals surface area contributed by atoms with Crippen LogP contribution in [0.3, 0.4) is 0 Å². The van der Waals surface area contributed by atoms with Crippen molar-refractivity contribution < 1.29 is 9.53 Å². The number of nitrogens with one attached hydrogen (secondary N) is 1. The molecule has 0 radical (unpaired) electrons. The largest absolute Gasteiger partial charge is 0.495 e. The van der Waals surface area contributed by atoms with Gasteiger partial charge in [-0.1, -0.05) is 53.7 Å². The highest BCUT2D eigenvalue weighted by Crippen LogP contribution is 2.28. The molecule has 2 aromatic carbocycles. The Balaban J connectivity index is 1.55. The molecule has 0 aliphatic carbocycles. The number of halogens is 1. The van der Waals surface area contributed by atoms with Crippen LogP contribution in [-0.2, 0) is 24.7 Å². The molecule has 0 aliphatic heterocycles. The fourth-order valence-electron chi connectivity index (χ4n) is 2.68. The number of hydrogen-bond donors (Lipinski definition) is 1. The second-order valence-corrected chi connectivity index (χ2v) is 7.50. The Hall–Kier alpha value is -2.51. The van der Waals surface area contributed by atoms with Gasteiger partial charge in [0.05, 0.1) is 18.6 Å². The standard InChI is InChI=1S/C20H21ClN4O2S/c1-25-18(11-8-14-6-4-3-5-7-14)23-24-20(25)28-13-19(26)22-16-12-15(21)9-10-17(16)27-2/h3-7,9-10,12H,8,11,13H2,1-2H3,(H,22,26). The molecule has 0 bridgehead atoms. The topological polar surface area (TPSA) is 69.0 Å². The molecular formula is C20H21ClN4O2S. The first-order valence-corrected chi connectivity index (χ1v) is 10.1. The molecule has 0 unspecified atom stereocenters. The molecule has 1 heterocycles. The summed E-state index contributed by atoms with van der Waals surface area (Å²) in [5, 5.41) is 12.5. The van der Waals surface area contributed by atoms with E-state index in [1.54, 1.807) is 25.3 Å². The maximum Gasteiger partial charge on any atom is 0.234 e. The van der Waals surface area contributed by atoms with Crippen molar-refractivity contribution in [1.82, 2.24) is 14.8 Å². The Kier molecular flexibility index (Phi) is 6.95. The minimum atomic E-state index is -0.167. The van der Waals surface area contributed by atoms with Crippen LogP contribution < -0.4 is 10.1 Å². The van der Waals surface area contributed by atoms with Gasteiger partial charge in [0.2, 0.25) is 5.91 Å². The number of hydrogen-bond acceptors (Lipinski definition) is 5. The Morgan fingerprint density at radius 1 is 1.18 bits per heavy atom. The van der Waals surface area contributed by atoms with Crippen LogP contribution in [0.4, 0.5) is 5.69 Å². The van der Waals surface area contributed by atoms with Gasteiger partial charge in [-0.05, 0) is 30.2 Å². The van der Waals surface area contributed by atoms with Crippen molar-refractivity contribution in [3.63, 3.8) is 0 Å². The zero-order valence-corrected chi connectivity index (χ0v) is 17.3. The molecule has 6 nitrogen and oxygen atoms in total. The minimum Gasteiger partial charge on any atom is -0.495 e. The molecule has 28 heavy (non-hydrogen) atoms. The summed E-state index contributed by atoms with van der Waals surface area (Å²) in [5.41, 5.74) is 1.80. The third-order valence-electron chi connectivity index (χ3n) is 4.17. The number of thioether (sulfide) groups is 1. The number of amides is 1. The molecule has 146 valence electrons. The second-order valence-electron chi connectivity index (χ2n) is 6.12. The Morgan fingerprint density at radius 3 is 2.71 bits per heavy atom. The van der Waals surface area contributed by atoms with Crippen molar-refractivity contribution >= 4 is 35.0 Å². The fourth-order valence-corrected chi connectivity index (χ4v) is 3.59. The number of methoxy groups -OCH3 is 1. The van der Waals surface area contributed by atoms with Gasteiger partial charge >= 0.3 is 0 Å². The molecule has 0 saturated heterocycles. The molecule has 0 saturated carbocycles. The Morgan fingerprint density at radius 2 is 1.96 bits per heavy atom. The van der Waals surface area contributed by atoms with Gasteiger partial charge in [-0.25, -0.2) is 0 Å². The van der Waals surface area contributed by atoms with E-state index in [1.165, 1.54) is 17.3 Å². The van der Waals surface area contributed by atoms with Crippen molar-refractivity contribution in [3.8, 4) is 5.75 Å². The molecule has 0 atom stereocenters. The molecule has 0 spiro atoms. The number of anilines is 1. The summed E-state index contributed by atoms with van der Waals surface area (Å²) in [6.07, 6.45) is 1.69. The molecule has 0 aliphatic rings. The summed E-state index contributed by atoms with van der Waals surface area (Å²) in [5.74, 6) is 1.49. The molecule has 0 fully saturated rings. The number of carbonyl (C=O) groups is 1. The molecule has 3 aromatic rings. The lowest BCUT2D eigenvalue weighted by atomic mass is 10.1. The van der Waals surface area contributed by atoms with Crippen molar-refractivity contribution in [3.05, 3.63) is 64.9 Å². The smallest absolute Gasteiger partial charge is 0.234 e. The lowest BCUT2D eigenvalue weighted by molar-refractivity contribution is -0.113. The van der Waals surface area contributed by atoms with E-state index < -0.39 is 0 Å². The molecule has 8 heteroatoms. The average molecular weight is 417 g/mol. The van der Waals surface area contributed by atoms with Crippen LogP contribution in [0.15, 0.2) is 53.7 Å². The van der Waals surface area contributed by atoms with Gasteiger partial charge < -0.3 is 14.6 Å². The molecule has 3 rings (SSSR count). The van der Waals surface area contributed by atoms with Gasteiger partial charge in [0.15, 0.2) is 5.16 Å². The highest BCUT2D eigenvalue weighted by atomic mass is 35.5. The molecule has 1 amide bonds. The van der Waals surface area contributed by atoms with Crippen molar-refractivity contribution in [1.29, 1.82) is 0 Å². The highest BCUT2D eigenvalue weighted by molar-refractivity contribution is 7.99. The lowest BCUT2D eigenvalue weighted by Gasteiger charge is -2.10. The normalized spacial score (nSPS) is 10.7. The maximum absolute atomic E-state index is 12.3. The predicted molar refractivity (Wildman–Crippen MR) is 112 cm³/mol. The van der Waals surface area contributed by atoms with Gasteiger partial charge in [-0.15, -0.1) is 10.2 Å². The number of nitrogens with zero attached hydrogens (tertiary/aromatic N) is 3. The van der Waals surface area contributed by atoms with Gasteiger partial charge in [-0.3, -0.25) is 4.79 Å². The van der Waals surface area contributed by atoms with Crippen LogP contribution in [0.1, 0.15) is 11.4 Å². The van der Waals surface area contributed by atoms with Gasteiger partial charge in [0.1, 0.15) is 11.6 Å². The SMILES string of the molecule is COc1ccc(Cl)cc1NC(=O)CSc1nnc(CCc2ccccc2)n1C. The quantitative estimate of drug-likeness (QED) is 0.562. The summed E-state index contributed by atoms with van der Waals surface area (Å²) in [6, 6.07) is 15.3. The zero-order chi connectivity index (χ0) is 19.9. The Labute approximate surface area is 173 Å². The predicted octanol–water partition coefficient (Wildman–Crippen LogP) is 3.99. The number of aryl methyl sites for hydroxylation is 2. The van der Waals surface area contributed by atoms with E-state index in [4.69, 9.17) is 16.3 Å². The van der Waals surface area contributed by atoms with Gasteiger partial charge in [0, 0.05) is 18.5 Å². The van der Waals surface area contributed by atoms with Crippen LogP contribution in [0, 0.1) is 0 Å². The fraction of sp³-hybridized carbons (Fsp3) is 0.250. The monoisotopic (exact) mass is 416 g/mol. The van der Waals surface area contributed by atoms with Gasteiger partial charge in [-0.2, -0.15) is 0 Å². The van der Waals surface area contributed by atoms with E-state index in [9.17, 15) is 4.79 Å². The van der Waals surface area contributed by atoms with Crippen LogP contribution in [0.25, 0.3) is 0 Å². The first-order valence-electron chi connectivity index (χ1n) is 8.75. The van der Waals surface area contributed by atoms with Crippen LogP contribution >= 0.6 is 23.4 Å². The number of benzene rings is 2. The second kappa shape index (κ2) is 9.61. The summed E-state index contributed by atoms with van der Waals surface area (Å²) in [7, 11) is 3.46. The first-order chi connectivity index (χ1) is 13.6. The third kappa shape index (κ3) is 5.27. The van der Waals surface area contributed by atoms with Crippen LogP contribution in [0.2, 0.25) is 5.02 Å². The summed E-state index contributed by atoms with van der Waals surface area (Å²) < 4.78 is 7.17. The van der Waals surface area contributed by atoms with Crippen molar-refractivity contribution in [2.45, 2.75) is 18.0 Å². The minimum absolute atomic E-state index is 0.167. The van der Waals surface area contributed by atoms with Crippen molar-refractivity contribution in [2.75, 3.05) is 18.2 Å². The maximum atomic E-state index is 12.3. The average Bonchev–Trinajstić information content (AvgIpc) is 3.05. The van der Waals surface area contributed by atoms with Crippen LogP contribution in [0.5, 0.6) is 5.75 Å². The summed E-state index contributed by atoms with van der Waals surface area (Å²) >= 11 is 7.33. The van der Waals surface area contributed by atoms with E-state index >= 15 is 0 Å². The first kappa shape index (κ1) is 20.2. The van der Waals surface area contributed by atoms with E-state index in [1.807, 2.05) is 29.8 Å². The van der Waals surface area contributed by atoms with Crippen molar-refractivity contribution in [2.24, 2.45) is 7.05 Å². The number of rotatable bonds is 8. The molecule has 1 N–H and O–H groups in total. The van der Waals surface area contributed by atoms with Crippen LogP contribution in [-0.4, -0.2) is 33.5 Å². The molecular weight excluding hydrogens is 396 g/mol. The van der Waals surface area contributed by atoms with E-state index in [0.29, 0.717) is 21.6 Å².